The third kappa shape index (κ3) is 2.54. The average molecular weight is 348 g/mol. The summed E-state index contributed by atoms with van der Waals surface area (Å²) in [5.41, 5.74) is 3.11. The number of methoxy groups -OCH3 is 3. The largest absolute Gasteiger partial charge is 0.496 e. The molecule has 1 heterocycles. The molecule has 4 rings (SSSR count). The van der Waals surface area contributed by atoms with Crippen molar-refractivity contribution in [2.45, 2.75) is 5.92 Å². The number of benzene rings is 3. The van der Waals surface area contributed by atoms with Gasteiger partial charge in [0.05, 0.1) is 21.3 Å². The molecule has 0 fully saturated rings. The second-order valence-electron chi connectivity index (χ2n) is 6.06. The fraction of sp³-hybridized carbons (Fsp3) is 0.182. The number of fused-ring (bicyclic) bond motifs is 2. The second kappa shape index (κ2) is 6.64. The second-order valence-corrected chi connectivity index (χ2v) is 6.06. The minimum Gasteiger partial charge on any atom is -0.496 e. The van der Waals surface area contributed by atoms with Crippen LogP contribution in [0.2, 0.25) is 0 Å². The summed E-state index contributed by atoms with van der Waals surface area (Å²) >= 11 is 0. The Balaban J connectivity index is 2.02. The lowest BCUT2D eigenvalue weighted by molar-refractivity contribution is 0.366. The third-order valence-electron chi connectivity index (χ3n) is 4.72. The van der Waals surface area contributed by atoms with Gasteiger partial charge in [-0.15, -0.1) is 0 Å². The summed E-state index contributed by atoms with van der Waals surface area (Å²) in [6.07, 6.45) is 0. The van der Waals surface area contributed by atoms with E-state index in [9.17, 15) is 0 Å². The van der Waals surface area contributed by atoms with E-state index in [0.29, 0.717) is 5.75 Å². The molecule has 0 aromatic heterocycles. The monoisotopic (exact) mass is 348 g/mol. The smallest absolute Gasteiger partial charge is 0.131 e. The molecular weight excluding hydrogens is 328 g/mol. The van der Waals surface area contributed by atoms with Crippen LogP contribution in [-0.4, -0.2) is 21.3 Å². The molecule has 0 N–H and O–H groups in total. The molecule has 1 aliphatic heterocycles. The van der Waals surface area contributed by atoms with Crippen LogP contribution in [0.3, 0.4) is 0 Å². The molecule has 26 heavy (non-hydrogen) atoms. The predicted octanol–water partition coefficient (Wildman–Crippen LogP) is 5.00. The maximum absolute atomic E-state index is 6.11. The molecule has 0 unspecified atom stereocenters. The van der Waals surface area contributed by atoms with E-state index in [0.717, 1.165) is 39.7 Å². The number of hydrogen-bond donors (Lipinski definition) is 0. The zero-order valence-corrected chi connectivity index (χ0v) is 15.0. The van der Waals surface area contributed by atoms with Crippen LogP contribution >= 0.6 is 0 Å². The van der Waals surface area contributed by atoms with Crippen LogP contribution in [-0.2, 0) is 0 Å². The van der Waals surface area contributed by atoms with E-state index in [1.165, 1.54) is 0 Å². The molecule has 0 radical (unpaired) electrons. The molecule has 4 heteroatoms. The highest BCUT2D eigenvalue weighted by molar-refractivity contribution is 5.64. The fourth-order valence-electron chi connectivity index (χ4n) is 3.54. The van der Waals surface area contributed by atoms with Gasteiger partial charge in [-0.25, -0.2) is 0 Å². The zero-order chi connectivity index (χ0) is 18.1. The van der Waals surface area contributed by atoms with Gasteiger partial charge in [-0.05, 0) is 12.1 Å². The molecule has 0 saturated carbocycles. The summed E-state index contributed by atoms with van der Waals surface area (Å²) in [4.78, 5) is 0. The van der Waals surface area contributed by atoms with Crippen LogP contribution in [0.25, 0.3) is 0 Å². The van der Waals surface area contributed by atoms with Crippen molar-refractivity contribution < 1.29 is 18.9 Å². The van der Waals surface area contributed by atoms with Crippen molar-refractivity contribution in [1.29, 1.82) is 0 Å². The average Bonchev–Trinajstić information content (AvgIpc) is 2.71. The first-order valence-electron chi connectivity index (χ1n) is 8.42. The molecular formula is C22H20O4. The number of ether oxygens (including phenoxy) is 4. The van der Waals surface area contributed by atoms with E-state index >= 15 is 0 Å². The Bertz CT molecular complexity index is 878. The van der Waals surface area contributed by atoms with Crippen LogP contribution in [0.5, 0.6) is 28.7 Å². The Labute approximate surface area is 152 Å². The standard InChI is InChI=1S/C22H20O4/c1-23-14-12-19(24-2)22(20(13-14)25-3)21-15-8-4-6-10-17(15)26-18-11-7-5-9-16(18)21/h4-13,21H,1-3H3. The summed E-state index contributed by atoms with van der Waals surface area (Å²) in [5.74, 6) is 3.76. The Hall–Kier alpha value is -3.14. The van der Waals surface area contributed by atoms with Crippen molar-refractivity contribution in [2.75, 3.05) is 21.3 Å². The Morgan fingerprint density at radius 1 is 0.692 bits per heavy atom. The Morgan fingerprint density at radius 2 is 1.19 bits per heavy atom. The summed E-state index contributed by atoms with van der Waals surface area (Å²) in [6.45, 7) is 0. The maximum atomic E-state index is 6.11. The van der Waals surface area contributed by atoms with Crippen LogP contribution in [0, 0.1) is 0 Å². The molecule has 132 valence electrons. The van der Waals surface area contributed by atoms with Gasteiger partial charge in [-0.2, -0.15) is 0 Å². The molecule has 0 aliphatic carbocycles. The first-order valence-corrected chi connectivity index (χ1v) is 8.42. The first-order chi connectivity index (χ1) is 12.8. The van der Waals surface area contributed by atoms with Crippen molar-refractivity contribution in [3.63, 3.8) is 0 Å². The summed E-state index contributed by atoms with van der Waals surface area (Å²) in [5, 5.41) is 0. The molecule has 0 saturated heterocycles. The lowest BCUT2D eigenvalue weighted by atomic mass is 9.81. The molecule has 4 nitrogen and oxygen atoms in total. The lowest BCUT2D eigenvalue weighted by Gasteiger charge is -2.30. The molecule has 3 aromatic carbocycles. The van der Waals surface area contributed by atoms with E-state index < -0.39 is 0 Å². The molecule has 0 amide bonds. The van der Waals surface area contributed by atoms with Crippen molar-refractivity contribution in [3.8, 4) is 28.7 Å². The number of hydrogen-bond acceptors (Lipinski definition) is 4. The van der Waals surface area contributed by atoms with Crippen LogP contribution in [0.1, 0.15) is 22.6 Å². The van der Waals surface area contributed by atoms with Gasteiger partial charge in [0.15, 0.2) is 0 Å². The lowest BCUT2D eigenvalue weighted by Crippen LogP contribution is -2.13. The van der Waals surface area contributed by atoms with Gasteiger partial charge in [0.25, 0.3) is 0 Å². The maximum Gasteiger partial charge on any atom is 0.131 e. The van der Waals surface area contributed by atoms with Gasteiger partial charge in [-0.1, -0.05) is 36.4 Å². The van der Waals surface area contributed by atoms with Gasteiger partial charge in [0.2, 0.25) is 0 Å². The predicted molar refractivity (Wildman–Crippen MR) is 100 cm³/mol. The van der Waals surface area contributed by atoms with E-state index in [2.05, 4.69) is 12.1 Å². The zero-order valence-electron chi connectivity index (χ0n) is 15.0. The van der Waals surface area contributed by atoms with Gasteiger partial charge >= 0.3 is 0 Å². The minimum atomic E-state index is -0.0630. The molecule has 0 bridgehead atoms. The van der Waals surface area contributed by atoms with Crippen LogP contribution in [0.4, 0.5) is 0 Å². The van der Waals surface area contributed by atoms with E-state index in [4.69, 9.17) is 18.9 Å². The van der Waals surface area contributed by atoms with Crippen LogP contribution < -0.4 is 18.9 Å². The van der Waals surface area contributed by atoms with Crippen molar-refractivity contribution in [2.24, 2.45) is 0 Å². The quantitative estimate of drug-likeness (QED) is 0.520. The van der Waals surface area contributed by atoms with Crippen molar-refractivity contribution >= 4 is 0 Å². The Kier molecular flexibility index (Phi) is 4.17. The third-order valence-corrected chi connectivity index (χ3v) is 4.72. The summed E-state index contributed by atoms with van der Waals surface area (Å²) < 4.78 is 22.9. The SMILES string of the molecule is COc1cc(OC)c(C2c3ccccc3Oc3ccccc32)c(OC)c1. The normalized spacial score (nSPS) is 12.6. The molecule has 0 spiro atoms. The molecule has 3 aromatic rings. The first kappa shape index (κ1) is 16.3. The Morgan fingerprint density at radius 3 is 1.65 bits per heavy atom. The van der Waals surface area contributed by atoms with Crippen molar-refractivity contribution in [1.82, 2.24) is 0 Å². The molecule has 0 atom stereocenters. The highest BCUT2D eigenvalue weighted by Gasteiger charge is 2.33. The van der Waals surface area contributed by atoms with Gasteiger partial charge < -0.3 is 18.9 Å². The van der Waals surface area contributed by atoms with Crippen molar-refractivity contribution in [3.05, 3.63) is 77.4 Å². The topological polar surface area (TPSA) is 36.9 Å². The fourth-order valence-corrected chi connectivity index (χ4v) is 3.54. The summed E-state index contributed by atoms with van der Waals surface area (Å²) in [7, 11) is 4.95. The number of para-hydroxylation sites is 2. The van der Waals surface area contributed by atoms with E-state index in [1.54, 1.807) is 21.3 Å². The van der Waals surface area contributed by atoms with E-state index in [1.807, 2.05) is 48.5 Å². The number of rotatable bonds is 4. The summed E-state index contributed by atoms with van der Waals surface area (Å²) in [6, 6.07) is 19.9. The van der Waals surface area contributed by atoms with Gasteiger partial charge in [-0.3, -0.25) is 0 Å². The highest BCUT2D eigenvalue weighted by atomic mass is 16.5. The van der Waals surface area contributed by atoms with Gasteiger partial charge in [0.1, 0.15) is 28.7 Å². The van der Waals surface area contributed by atoms with Crippen LogP contribution in [0.15, 0.2) is 60.7 Å². The van der Waals surface area contributed by atoms with Gasteiger partial charge in [0, 0.05) is 34.7 Å². The van der Waals surface area contributed by atoms with E-state index in [-0.39, 0.29) is 5.92 Å². The molecule has 1 aliphatic rings. The highest BCUT2D eigenvalue weighted by Crippen LogP contribution is 2.52. The minimum absolute atomic E-state index is 0.0630.